The van der Waals surface area contributed by atoms with E-state index in [2.05, 4.69) is 53.1 Å². The van der Waals surface area contributed by atoms with Crippen molar-refractivity contribution in [1.29, 1.82) is 0 Å². The van der Waals surface area contributed by atoms with Crippen LogP contribution in [-0.2, 0) is 6.42 Å². The second-order valence-corrected chi connectivity index (χ2v) is 6.86. The summed E-state index contributed by atoms with van der Waals surface area (Å²) in [6, 6.07) is 8.44. The molecule has 0 unspecified atom stereocenters. The third-order valence-electron chi connectivity index (χ3n) is 4.10. The minimum atomic E-state index is -0.632. The predicted octanol–water partition coefficient (Wildman–Crippen LogP) is 3.93. The average molecular weight is 337 g/mol. The van der Waals surface area contributed by atoms with Gasteiger partial charge in [-0.15, -0.1) is 0 Å². The van der Waals surface area contributed by atoms with Gasteiger partial charge in [0.2, 0.25) is 0 Å². The molecule has 0 aliphatic rings. The Morgan fingerprint density at radius 3 is 2.44 bits per heavy atom. The Morgan fingerprint density at radius 2 is 1.84 bits per heavy atom. The summed E-state index contributed by atoms with van der Waals surface area (Å²) in [6.45, 7) is 9.71. The summed E-state index contributed by atoms with van der Waals surface area (Å²) in [7, 11) is 1.82. The van der Waals surface area contributed by atoms with Gasteiger partial charge in [-0.2, -0.15) is 0 Å². The third-order valence-corrected chi connectivity index (χ3v) is 4.10. The molecule has 1 aromatic heterocycles. The van der Waals surface area contributed by atoms with Gasteiger partial charge in [0.25, 0.3) is 0 Å². The van der Waals surface area contributed by atoms with Crippen LogP contribution in [-0.4, -0.2) is 27.7 Å². The van der Waals surface area contributed by atoms with E-state index in [1.54, 1.807) is 12.4 Å². The lowest BCUT2D eigenvalue weighted by molar-refractivity contribution is 0.0714. The first-order valence-electron chi connectivity index (χ1n) is 8.48. The molecular formula is C21H27N3O. The highest BCUT2D eigenvalue weighted by Crippen LogP contribution is 2.21. The number of aliphatic hydroxyl groups is 1. The van der Waals surface area contributed by atoms with E-state index in [4.69, 9.17) is 0 Å². The molecule has 0 radical (unpaired) electrons. The summed E-state index contributed by atoms with van der Waals surface area (Å²) in [5, 5.41) is 12.9. The summed E-state index contributed by atoms with van der Waals surface area (Å²) >= 11 is 0. The molecule has 1 aromatic carbocycles. The molecule has 4 nitrogen and oxygen atoms in total. The van der Waals surface area contributed by atoms with Gasteiger partial charge in [-0.25, -0.2) is 0 Å². The monoisotopic (exact) mass is 337 g/mol. The first-order valence-corrected chi connectivity index (χ1v) is 8.48. The van der Waals surface area contributed by atoms with Crippen molar-refractivity contribution < 1.29 is 5.11 Å². The summed E-state index contributed by atoms with van der Waals surface area (Å²) in [6.07, 6.45) is 6.99. The largest absolute Gasteiger partial charge is 0.390 e. The van der Waals surface area contributed by atoms with Crippen molar-refractivity contribution in [3.63, 3.8) is 0 Å². The maximum atomic E-state index is 9.84. The third kappa shape index (κ3) is 5.54. The van der Waals surface area contributed by atoms with Crippen molar-refractivity contribution in [1.82, 2.24) is 15.3 Å². The molecule has 2 N–H and O–H groups in total. The van der Waals surface area contributed by atoms with Crippen LogP contribution < -0.4 is 5.32 Å². The van der Waals surface area contributed by atoms with Crippen LogP contribution >= 0.6 is 0 Å². The Kier molecular flexibility index (Phi) is 6.10. The van der Waals surface area contributed by atoms with Gasteiger partial charge in [-0.05, 0) is 56.4 Å². The summed E-state index contributed by atoms with van der Waals surface area (Å²) in [4.78, 5) is 8.78. The molecule has 25 heavy (non-hydrogen) atoms. The second kappa shape index (κ2) is 8.08. The number of aromatic nitrogens is 2. The van der Waals surface area contributed by atoms with E-state index in [1.807, 2.05) is 27.0 Å². The van der Waals surface area contributed by atoms with Gasteiger partial charge in [0.15, 0.2) is 0 Å². The predicted molar refractivity (Wildman–Crippen MR) is 105 cm³/mol. The quantitative estimate of drug-likeness (QED) is 0.804. The summed E-state index contributed by atoms with van der Waals surface area (Å²) < 4.78 is 0. The molecular weight excluding hydrogens is 310 g/mol. The highest BCUT2D eigenvalue weighted by Gasteiger charge is 2.12. The first kappa shape index (κ1) is 18.9. The van der Waals surface area contributed by atoms with E-state index < -0.39 is 5.60 Å². The number of nitrogens with zero attached hydrogens (tertiary/aromatic N) is 2. The Labute approximate surface area is 150 Å². The van der Waals surface area contributed by atoms with Crippen molar-refractivity contribution >= 4 is 17.3 Å². The zero-order valence-corrected chi connectivity index (χ0v) is 15.5. The average Bonchev–Trinajstić information content (AvgIpc) is 2.59. The van der Waals surface area contributed by atoms with Gasteiger partial charge in [0.05, 0.1) is 17.0 Å². The van der Waals surface area contributed by atoms with Crippen molar-refractivity contribution in [2.45, 2.75) is 39.2 Å². The number of nitrogens with one attached hydrogen (secondary N) is 1. The maximum Gasteiger partial charge on any atom is 0.111 e. The molecule has 0 fully saturated rings. The maximum absolute atomic E-state index is 9.84. The lowest BCUT2D eigenvalue weighted by Gasteiger charge is -2.16. The normalized spacial score (nSPS) is 12.1. The zero-order chi connectivity index (χ0) is 18.4. The summed E-state index contributed by atoms with van der Waals surface area (Å²) in [5.74, 6) is 0. The van der Waals surface area contributed by atoms with E-state index in [0.29, 0.717) is 0 Å². The molecule has 0 amide bonds. The van der Waals surface area contributed by atoms with E-state index in [0.717, 1.165) is 41.1 Å². The Hall–Kier alpha value is -2.46. The van der Waals surface area contributed by atoms with Crippen LogP contribution in [0.25, 0.3) is 17.3 Å². The minimum Gasteiger partial charge on any atom is -0.390 e. The molecule has 1 heterocycles. The smallest absolute Gasteiger partial charge is 0.111 e. The van der Waals surface area contributed by atoms with Crippen LogP contribution in [0.5, 0.6) is 0 Å². The number of benzene rings is 1. The molecule has 0 saturated heterocycles. The fourth-order valence-electron chi connectivity index (χ4n) is 2.48. The minimum absolute atomic E-state index is 0.632. The Bertz CT molecular complexity index is 755. The Morgan fingerprint density at radius 1 is 1.20 bits per heavy atom. The lowest BCUT2D eigenvalue weighted by Crippen LogP contribution is -2.19. The number of aryl methyl sites for hydroxylation is 1. The molecule has 0 bridgehead atoms. The van der Waals surface area contributed by atoms with Crippen molar-refractivity contribution in [3.8, 4) is 0 Å². The number of allylic oxidation sites excluding steroid dienone is 1. The highest BCUT2D eigenvalue weighted by atomic mass is 16.3. The van der Waals surface area contributed by atoms with Crippen LogP contribution in [0.15, 0.2) is 43.2 Å². The lowest BCUT2D eigenvalue weighted by atomic mass is 9.97. The van der Waals surface area contributed by atoms with E-state index in [9.17, 15) is 5.11 Å². The summed E-state index contributed by atoms with van der Waals surface area (Å²) in [5.41, 5.74) is 5.14. The number of hydrogen-bond donors (Lipinski definition) is 2. The van der Waals surface area contributed by atoms with Crippen LogP contribution in [0, 0.1) is 0 Å². The van der Waals surface area contributed by atoms with Gasteiger partial charge >= 0.3 is 0 Å². The molecule has 0 spiro atoms. The SMILES string of the molecule is C=C(NC)c1nccnc1/C=C(\C)c1ccc(CCC(C)(C)O)cc1. The number of hydrogen-bond acceptors (Lipinski definition) is 4. The second-order valence-electron chi connectivity index (χ2n) is 6.86. The van der Waals surface area contributed by atoms with E-state index >= 15 is 0 Å². The zero-order valence-electron chi connectivity index (χ0n) is 15.5. The first-order chi connectivity index (χ1) is 11.8. The van der Waals surface area contributed by atoms with Gasteiger partial charge < -0.3 is 10.4 Å². The molecule has 4 heteroatoms. The Balaban J connectivity index is 2.19. The van der Waals surface area contributed by atoms with Crippen molar-refractivity contribution in [2.75, 3.05) is 7.05 Å². The molecule has 0 aliphatic carbocycles. The van der Waals surface area contributed by atoms with Gasteiger partial charge in [-0.1, -0.05) is 30.8 Å². The topological polar surface area (TPSA) is 58.0 Å². The fourth-order valence-corrected chi connectivity index (χ4v) is 2.48. The molecule has 0 saturated carbocycles. The van der Waals surface area contributed by atoms with Crippen LogP contribution in [0.3, 0.4) is 0 Å². The van der Waals surface area contributed by atoms with Gasteiger partial charge in [0, 0.05) is 19.4 Å². The molecule has 0 aliphatic heterocycles. The molecule has 0 atom stereocenters. The van der Waals surface area contributed by atoms with E-state index in [1.165, 1.54) is 5.56 Å². The van der Waals surface area contributed by atoms with Gasteiger partial charge in [0.1, 0.15) is 5.69 Å². The van der Waals surface area contributed by atoms with Crippen LogP contribution in [0.4, 0.5) is 0 Å². The molecule has 2 aromatic rings. The van der Waals surface area contributed by atoms with Crippen LogP contribution in [0.1, 0.15) is 49.7 Å². The highest BCUT2D eigenvalue weighted by molar-refractivity contribution is 5.82. The fraction of sp³-hybridized carbons (Fsp3) is 0.333. The van der Waals surface area contributed by atoms with Gasteiger partial charge in [-0.3, -0.25) is 9.97 Å². The van der Waals surface area contributed by atoms with Crippen molar-refractivity contribution in [2.24, 2.45) is 0 Å². The van der Waals surface area contributed by atoms with Crippen LogP contribution in [0.2, 0.25) is 0 Å². The van der Waals surface area contributed by atoms with Crippen molar-refractivity contribution in [3.05, 3.63) is 65.8 Å². The standard InChI is InChI=1S/C21H27N3O/c1-15(14-19-20(16(2)22-5)24-13-12-23-19)18-8-6-17(7-9-18)10-11-21(3,4)25/h6-9,12-14,22,25H,2,10-11H2,1,3-5H3/b15-14+. The van der Waals surface area contributed by atoms with E-state index in [-0.39, 0.29) is 0 Å². The molecule has 132 valence electrons. The number of rotatable bonds is 7. The molecule has 2 rings (SSSR count).